The fourth-order valence-electron chi connectivity index (χ4n) is 2.94. The third-order valence-corrected chi connectivity index (χ3v) is 4.28. The lowest BCUT2D eigenvalue weighted by Crippen LogP contribution is -2.38. The number of carbonyl (C=O) groups is 1. The van der Waals surface area contributed by atoms with Crippen LogP contribution in [-0.2, 0) is 4.79 Å². The van der Waals surface area contributed by atoms with E-state index in [1.165, 1.54) is 32.1 Å². The number of amides is 1. The minimum absolute atomic E-state index is 0.281. The molecule has 0 aliphatic heterocycles. The average Bonchev–Trinajstić information content (AvgIpc) is 2.41. The predicted octanol–water partition coefficient (Wildman–Crippen LogP) is 2.80. The number of nitrogens with zero attached hydrogens (tertiary/aromatic N) is 1. The van der Waals surface area contributed by atoms with Crippen molar-refractivity contribution in [1.29, 1.82) is 0 Å². The second-order valence-electron chi connectivity index (χ2n) is 5.46. The Morgan fingerprint density at radius 3 is 2.39 bits per heavy atom. The molecule has 1 N–H and O–H groups in total. The second kappa shape index (κ2) is 8.52. The van der Waals surface area contributed by atoms with Gasteiger partial charge in [-0.25, -0.2) is 0 Å². The van der Waals surface area contributed by atoms with E-state index in [4.69, 9.17) is 0 Å². The lowest BCUT2D eigenvalue weighted by Gasteiger charge is -2.28. The summed E-state index contributed by atoms with van der Waals surface area (Å²) in [6, 6.07) is 0.565. The highest BCUT2D eigenvalue weighted by Gasteiger charge is 2.19. The third-order valence-electron chi connectivity index (χ3n) is 4.28. The van der Waals surface area contributed by atoms with E-state index in [1.807, 2.05) is 18.7 Å². The van der Waals surface area contributed by atoms with Gasteiger partial charge >= 0.3 is 0 Å². The first-order valence-corrected chi connectivity index (χ1v) is 7.70. The summed E-state index contributed by atoms with van der Waals surface area (Å²) in [5.74, 6) is 1.10. The van der Waals surface area contributed by atoms with Gasteiger partial charge in [-0.3, -0.25) is 4.79 Å². The quantitative estimate of drug-likeness (QED) is 0.757. The summed E-state index contributed by atoms with van der Waals surface area (Å²) in [7, 11) is 0. The van der Waals surface area contributed by atoms with E-state index in [1.54, 1.807) is 0 Å². The van der Waals surface area contributed by atoms with Crippen LogP contribution in [0.2, 0.25) is 0 Å². The van der Waals surface area contributed by atoms with Gasteiger partial charge in [0.15, 0.2) is 0 Å². The van der Waals surface area contributed by atoms with E-state index in [9.17, 15) is 4.79 Å². The van der Waals surface area contributed by atoms with E-state index >= 15 is 0 Å². The van der Waals surface area contributed by atoms with E-state index in [0.29, 0.717) is 12.5 Å². The van der Waals surface area contributed by atoms with E-state index in [0.717, 1.165) is 25.6 Å². The van der Waals surface area contributed by atoms with Crippen LogP contribution in [0, 0.1) is 5.92 Å². The maximum absolute atomic E-state index is 11.8. The molecule has 0 bridgehead atoms. The Hall–Kier alpha value is -0.570. The van der Waals surface area contributed by atoms with Crippen molar-refractivity contribution in [3.63, 3.8) is 0 Å². The zero-order valence-electron chi connectivity index (χ0n) is 12.4. The molecule has 0 aromatic carbocycles. The van der Waals surface area contributed by atoms with Gasteiger partial charge in [0.2, 0.25) is 5.91 Å². The maximum atomic E-state index is 11.8. The highest BCUT2D eigenvalue weighted by atomic mass is 16.2. The largest absolute Gasteiger partial charge is 0.343 e. The molecule has 18 heavy (non-hydrogen) atoms. The molecule has 0 heterocycles. The zero-order chi connectivity index (χ0) is 13.4. The smallest absolute Gasteiger partial charge is 0.223 e. The fraction of sp³-hybridized carbons (Fsp3) is 0.933. The highest BCUT2D eigenvalue weighted by molar-refractivity contribution is 5.76. The molecule has 0 aromatic heterocycles. The minimum atomic E-state index is 0.281. The molecule has 0 spiro atoms. The van der Waals surface area contributed by atoms with Crippen LogP contribution in [-0.4, -0.2) is 36.5 Å². The lowest BCUT2D eigenvalue weighted by molar-refractivity contribution is -0.130. The number of hydrogen-bond acceptors (Lipinski definition) is 2. The Bertz CT molecular complexity index is 233. The SMILES string of the molecule is CCN(CC)C(=O)CCNC(C)C1CCCCC1. The van der Waals surface area contributed by atoms with Crippen LogP contribution in [0.4, 0.5) is 0 Å². The van der Waals surface area contributed by atoms with Crippen LogP contribution in [0.25, 0.3) is 0 Å². The summed E-state index contributed by atoms with van der Waals surface area (Å²) in [4.78, 5) is 13.8. The number of hydrogen-bond donors (Lipinski definition) is 1. The van der Waals surface area contributed by atoms with E-state index in [2.05, 4.69) is 12.2 Å². The number of nitrogens with one attached hydrogen (secondary N) is 1. The molecule has 1 atom stereocenters. The van der Waals surface area contributed by atoms with Crippen molar-refractivity contribution in [1.82, 2.24) is 10.2 Å². The van der Waals surface area contributed by atoms with Crippen molar-refractivity contribution in [2.24, 2.45) is 5.92 Å². The molecule has 0 radical (unpaired) electrons. The van der Waals surface area contributed by atoms with Crippen molar-refractivity contribution >= 4 is 5.91 Å². The first kappa shape index (κ1) is 15.5. The van der Waals surface area contributed by atoms with E-state index < -0.39 is 0 Å². The van der Waals surface area contributed by atoms with Crippen molar-refractivity contribution < 1.29 is 4.79 Å². The summed E-state index contributed by atoms with van der Waals surface area (Å²) in [6.07, 6.45) is 7.53. The van der Waals surface area contributed by atoms with Crippen LogP contribution in [0.5, 0.6) is 0 Å². The summed E-state index contributed by atoms with van der Waals surface area (Å²) in [5.41, 5.74) is 0. The molecule has 3 nitrogen and oxygen atoms in total. The zero-order valence-corrected chi connectivity index (χ0v) is 12.4. The number of rotatable bonds is 7. The summed E-state index contributed by atoms with van der Waals surface area (Å²) >= 11 is 0. The first-order chi connectivity index (χ1) is 8.69. The second-order valence-corrected chi connectivity index (χ2v) is 5.46. The molecular weight excluding hydrogens is 224 g/mol. The summed E-state index contributed by atoms with van der Waals surface area (Å²) in [5, 5.41) is 3.54. The average molecular weight is 254 g/mol. The van der Waals surface area contributed by atoms with Crippen molar-refractivity contribution in [2.45, 2.75) is 65.3 Å². The fourth-order valence-corrected chi connectivity index (χ4v) is 2.94. The van der Waals surface area contributed by atoms with Gasteiger partial charge in [0.1, 0.15) is 0 Å². The van der Waals surface area contributed by atoms with Gasteiger partial charge in [-0.2, -0.15) is 0 Å². The Morgan fingerprint density at radius 1 is 1.22 bits per heavy atom. The standard InChI is InChI=1S/C15H30N2O/c1-4-17(5-2)15(18)11-12-16-13(3)14-9-7-6-8-10-14/h13-14,16H,4-12H2,1-3H3. The molecule has 1 amide bonds. The molecule has 0 aromatic rings. The lowest BCUT2D eigenvalue weighted by atomic mass is 9.84. The van der Waals surface area contributed by atoms with Crippen LogP contribution in [0.3, 0.4) is 0 Å². The Morgan fingerprint density at radius 2 is 1.83 bits per heavy atom. The van der Waals surface area contributed by atoms with Gasteiger partial charge in [0.25, 0.3) is 0 Å². The summed E-state index contributed by atoms with van der Waals surface area (Å²) in [6.45, 7) is 8.84. The van der Waals surface area contributed by atoms with Crippen molar-refractivity contribution in [2.75, 3.05) is 19.6 Å². The minimum Gasteiger partial charge on any atom is -0.343 e. The maximum Gasteiger partial charge on any atom is 0.223 e. The molecule has 106 valence electrons. The predicted molar refractivity (Wildman–Crippen MR) is 76.6 cm³/mol. The van der Waals surface area contributed by atoms with Crippen LogP contribution in [0.15, 0.2) is 0 Å². The molecule has 1 aliphatic rings. The molecule has 0 saturated heterocycles. The highest BCUT2D eigenvalue weighted by Crippen LogP contribution is 2.26. The molecule has 1 rings (SSSR count). The summed E-state index contributed by atoms with van der Waals surface area (Å²) < 4.78 is 0. The topological polar surface area (TPSA) is 32.3 Å². The molecule has 1 saturated carbocycles. The molecule has 1 aliphatic carbocycles. The third kappa shape index (κ3) is 4.97. The molecule has 1 fully saturated rings. The van der Waals surface area contributed by atoms with Crippen LogP contribution < -0.4 is 5.32 Å². The Balaban J connectivity index is 2.18. The van der Waals surface area contributed by atoms with Gasteiger partial charge in [0.05, 0.1) is 0 Å². The molecular formula is C15H30N2O. The van der Waals surface area contributed by atoms with Gasteiger partial charge in [-0.05, 0) is 39.5 Å². The van der Waals surface area contributed by atoms with Crippen molar-refractivity contribution in [3.8, 4) is 0 Å². The molecule has 1 unspecified atom stereocenters. The number of carbonyl (C=O) groups excluding carboxylic acids is 1. The van der Waals surface area contributed by atoms with Gasteiger partial charge in [0, 0.05) is 32.1 Å². The Kier molecular flexibility index (Phi) is 7.33. The van der Waals surface area contributed by atoms with Gasteiger partial charge in [-0.15, -0.1) is 0 Å². The van der Waals surface area contributed by atoms with Crippen LogP contribution in [0.1, 0.15) is 59.3 Å². The van der Waals surface area contributed by atoms with Crippen LogP contribution >= 0.6 is 0 Å². The first-order valence-electron chi connectivity index (χ1n) is 7.70. The van der Waals surface area contributed by atoms with Gasteiger partial charge in [-0.1, -0.05) is 19.3 Å². The normalized spacial score (nSPS) is 18.6. The Labute approximate surface area is 112 Å². The molecule has 3 heteroatoms. The monoisotopic (exact) mass is 254 g/mol. The van der Waals surface area contributed by atoms with Gasteiger partial charge < -0.3 is 10.2 Å². The van der Waals surface area contributed by atoms with E-state index in [-0.39, 0.29) is 5.91 Å². The van der Waals surface area contributed by atoms with Crippen molar-refractivity contribution in [3.05, 3.63) is 0 Å².